The Labute approximate surface area is 130 Å². The average molecular weight is 302 g/mol. The SMILES string of the molecule is CN(C)C(=O)CN1C[C@@H]2CN(Cc3ccncc3)C(=O)[C@@H]2C1. The molecule has 3 rings (SSSR count). The first kappa shape index (κ1) is 15.0. The van der Waals surface area contributed by atoms with E-state index in [4.69, 9.17) is 0 Å². The minimum absolute atomic E-state index is 0.0526. The fraction of sp³-hybridized carbons (Fsp3) is 0.562. The van der Waals surface area contributed by atoms with Gasteiger partial charge in [0.1, 0.15) is 0 Å². The number of nitrogens with zero attached hydrogens (tertiary/aromatic N) is 4. The molecule has 1 aromatic heterocycles. The highest BCUT2D eigenvalue weighted by Gasteiger charge is 2.46. The highest BCUT2D eigenvalue weighted by atomic mass is 16.2. The van der Waals surface area contributed by atoms with Crippen LogP contribution in [0.5, 0.6) is 0 Å². The van der Waals surface area contributed by atoms with Crippen molar-refractivity contribution in [2.75, 3.05) is 40.3 Å². The molecule has 2 amide bonds. The van der Waals surface area contributed by atoms with E-state index >= 15 is 0 Å². The van der Waals surface area contributed by atoms with Gasteiger partial charge in [-0.15, -0.1) is 0 Å². The van der Waals surface area contributed by atoms with Gasteiger partial charge in [0, 0.05) is 58.6 Å². The second kappa shape index (κ2) is 6.04. The molecule has 0 aliphatic carbocycles. The zero-order chi connectivity index (χ0) is 15.7. The zero-order valence-corrected chi connectivity index (χ0v) is 13.1. The van der Waals surface area contributed by atoms with E-state index in [1.807, 2.05) is 17.0 Å². The Kier molecular flexibility index (Phi) is 4.11. The molecule has 0 N–H and O–H groups in total. The van der Waals surface area contributed by atoms with Crippen molar-refractivity contribution >= 4 is 11.8 Å². The first-order valence-electron chi connectivity index (χ1n) is 7.65. The standard InChI is InChI=1S/C16H22N4O2/c1-18(2)15(21)11-19-8-13-9-20(16(22)14(13)10-19)7-12-3-5-17-6-4-12/h3-6,13-14H,7-11H2,1-2H3/t13-,14-/m1/s1. The van der Waals surface area contributed by atoms with Crippen LogP contribution in [0.3, 0.4) is 0 Å². The molecule has 0 spiro atoms. The monoisotopic (exact) mass is 302 g/mol. The lowest BCUT2D eigenvalue weighted by molar-refractivity contribution is -0.133. The normalized spacial score (nSPS) is 24.6. The number of carbonyl (C=O) groups excluding carboxylic acids is 2. The number of likely N-dealkylation sites (N-methyl/N-ethyl adjacent to an activating group) is 1. The number of fused-ring (bicyclic) bond motifs is 1. The Hall–Kier alpha value is -1.95. The second-order valence-electron chi connectivity index (χ2n) is 6.42. The van der Waals surface area contributed by atoms with Gasteiger partial charge in [-0.3, -0.25) is 19.5 Å². The lowest BCUT2D eigenvalue weighted by Gasteiger charge is -2.22. The summed E-state index contributed by atoms with van der Waals surface area (Å²) in [6, 6.07) is 3.90. The van der Waals surface area contributed by atoms with Crippen molar-refractivity contribution in [1.29, 1.82) is 0 Å². The molecule has 3 heterocycles. The van der Waals surface area contributed by atoms with E-state index < -0.39 is 0 Å². The van der Waals surface area contributed by atoms with Crippen LogP contribution in [0.4, 0.5) is 0 Å². The molecule has 118 valence electrons. The molecule has 2 saturated heterocycles. The highest BCUT2D eigenvalue weighted by Crippen LogP contribution is 2.32. The third-order valence-electron chi connectivity index (χ3n) is 4.58. The molecular weight excluding hydrogens is 280 g/mol. The van der Waals surface area contributed by atoms with Crippen molar-refractivity contribution in [1.82, 2.24) is 19.7 Å². The summed E-state index contributed by atoms with van der Waals surface area (Å²) in [6.45, 7) is 3.40. The van der Waals surface area contributed by atoms with Gasteiger partial charge in [0.25, 0.3) is 0 Å². The van der Waals surface area contributed by atoms with E-state index in [0.29, 0.717) is 25.6 Å². The fourth-order valence-corrected chi connectivity index (χ4v) is 3.35. The summed E-state index contributed by atoms with van der Waals surface area (Å²) in [5.41, 5.74) is 1.11. The van der Waals surface area contributed by atoms with Crippen molar-refractivity contribution in [2.45, 2.75) is 6.54 Å². The summed E-state index contributed by atoms with van der Waals surface area (Å²) in [7, 11) is 3.53. The number of carbonyl (C=O) groups is 2. The molecule has 22 heavy (non-hydrogen) atoms. The summed E-state index contributed by atoms with van der Waals surface area (Å²) in [4.78, 5) is 34.0. The molecule has 0 saturated carbocycles. The smallest absolute Gasteiger partial charge is 0.236 e. The molecule has 6 nitrogen and oxygen atoms in total. The van der Waals surface area contributed by atoms with E-state index in [1.165, 1.54) is 0 Å². The molecule has 2 fully saturated rings. The van der Waals surface area contributed by atoms with Gasteiger partial charge in [-0.1, -0.05) is 0 Å². The topological polar surface area (TPSA) is 56.8 Å². The first-order valence-corrected chi connectivity index (χ1v) is 7.65. The van der Waals surface area contributed by atoms with Crippen LogP contribution in [-0.2, 0) is 16.1 Å². The predicted octanol–water partition coefficient (Wildman–Crippen LogP) is 0.0600. The quantitative estimate of drug-likeness (QED) is 0.789. The van der Waals surface area contributed by atoms with Gasteiger partial charge in [0.15, 0.2) is 0 Å². The van der Waals surface area contributed by atoms with Crippen molar-refractivity contribution in [3.8, 4) is 0 Å². The molecule has 0 bridgehead atoms. The molecule has 2 aliphatic heterocycles. The van der Waals surface area contributed by atoms with Gasteiger partial charge < -0.3 is 9.80 Å². The van der Waals surface area contributed by atoms with Crippen molar-refractivity contribution in [2.24, 2.45) is 11.8 Å². The number of hydrogen-bond donors (Lipinski definition) is 0. The number of pyridine rings is 1. The number of likely N-dealkylation sites (tertiary alicyclic amines) is 2. The average Bonchev–Trinajstić information content (AvgIpc) is 3.00. The van der Waals surface area contributed by atoms with Gasteiger partial charge >= 0.3 is 0 Å². The van der Waals surface area contributed by atoms with Crippen molar-refractivity contribution in [3.05, 3.63) is 30.1 Å². The Balaban J connectivity index is 1.57. The third-order valence-corrected chi connectivity index (χ3v) is 4.58. The maximum Gasteiger partial charge on any atom is 0.236 e. The molecule has 0 unspecified atom stereocenters. The van der Waals surface area contributed by atoms with Crippen LogP contribution in [0.25, 0.3) is 0 Å². The summed E-state index contributed by atoms with van der Waals surface area (Å²) in [6.07, 6.45) is 3.51. The van der Waals surface area contributed by atoms with Crippen LogP contribution in [0.1, 0.15) is 5.56 Å². The van der Waals surface area contributed by atoms with Gasteiger partial charge in [0.2, 0.25) is 11.8 Å². The van der Waals surface area contributed by atoms with Gasteiger partial charge in [0.05, 0.1) is 12.5 Å². The molecular formula is C16H22N4O2. The molecule has 2 atom stereocenters. The number of hydrogen-bond acceptors (Lipinski definition) is 4. The van der Waals surface area contributed by atoms with E-state index in [-0.39, 0.29) is 17.7 Å². The zero-order valence-electron chi connectivity index (χ0n) is 13.1. The minimum atomic E-state index is 0.0526. The molecule has 6 heteroatoms. The van der Waals surface area contributed by atoms with Crippen LogP contribution in [0.2, 0.25) is 0 Å². The maximum absolute atomic E-state index is 12.5. The third kappa shape index (κ3) is 2.97. The van der Waals surface area contributed by atoms with E-state index in [2.05, 4.69) is 9.88 Å². The van der Waals surface area contributed by atoms with Crippen LogP contribution in [0, 0.1) is 11.8 Å². The second-order valence-corrected chi connectivity index (χ2v) is 6.42. The van der Waals surface area contributed by atoms with Crippen LogP contribution < -0.4 is 0 Å². The fourth-order valence-electron chi connectivity index (χ4n) is 3.35. The van der Waals surface area contributed by atoms with Crippen LogP contribution in [-0.4, -0.2) is 71.8 Å². The molecule has 0 aromatic carbocycles. The lowest BCUT2D eigenvalue weighted by Crippen LogP contribution is -2.38. The van der Waals surface area contributed by atoms with Gasteiger partial charge in [-0.25, -0.2) is 0 Å². The summed E-state index contributed by atoms with van der Waals surface area (Å²) in [5, 5.41) is 0. The van der Waals surface area contributed by atoms with E-state index in [1.54, 1.807) is 31.4 Å². The summed E-state index contributed by atoms with van der Waals surface area (Å²) in [5.74, 6) is 0.726. The van der Waals surface area contributed by atoms with Crippen molar-refractivity contribution in [3.63, 3.8) is 0 Å². The maximum atomic E-state index is 12.5. The molecule has 1 aromatic rings. The Morgan fingerprint density at radius 3 is 2.64 bits per heavy atom. The van der Waals surface area contributed by atoms with Crippen LogP contribution >= 0.6 is 0 Å². The predicted molar refractivity (Wildman–Crippen MR) is 81.8 cm³/mol. The Bertz CT molecular complexity index is 561. The Morgan fingerprint density at radius 2 is 2.00 bits per heavy atom. The summed E-state index contributed by atoms with van der Waals surface area (Å²) >= 11 is 0. The lowest BCUT2D eigenvalue weighted by atomic mass is 10.0. The van der Waals surface area contributed by atoms with Gasteiger partial charge in [-0.2, -0.15) is 0 Å². The number of aromatic nitrogens is 1. The van der Waals surface area contributed by atoms with Gasteiger partial charge in [-0.05, 0) is 17.7 Å². The number of amides is 2. The van der Waals surface area contributed by atoms with Crippen LogP contribution in [0.15, 0.2) is 24.5 Å². The van der Waals surface area contributed by atoms with E-state index in [9.17, 15) is 9.59 Å². The Morgan fingerprint density at radius 1 is 1.27 bits per heavy atom. The number of rotatable bonds is 4. The first-order chi connectivity index (χ1) is 10.5. The van der Waals surface area contributed by atoms with E-state index in [0.717, 1.165) is 18.7 Å². The molecule has 2 aliphatic rings. The minimum Gasteiger partial charge on any atom is -0.348 e. The molecule has 0 radical (unpaired) electrons. The summed E-state index contributed by atoms with van der Waals surface area (Å²) < 4.78 is 0. The highest BCUT2D eigenvalue weighted by molar-refractivity contribution is 5.82. The van der Waals surface area contributed by atoms with Crippen molar-refractivity contribution < 1.29 is 9.59 Å². The largest absolute Gasteiger partial charge is 0.348 e.